The van der Waals surface area contributed by atoms with Crippen molar-refractivity contribution in [2.75, 3.05) is 13.2 Å². The molecular weight excluding hydrogens is 364 g/mol. The average molecular weight is 386 g/mol. The molecule has 0 aromatic carbocycles. The number of hydrogen-bond acceptors (Lipinski definition) is 7. The van der Waals surface area contributed by atoms with Crippen LogP contribution in [0, 0.1) is 0 Å². The number of pyridine rings is 1. The zero-order chi connectivity index (χ0) is 19.6. The molecule has 0 radical (unpaired) electrons. The smallest absolute Gasteiger partial charge is 0.336 e. The molecule has 3 rings (SSSR count). The van der Waals surface area contributed by atoms with Gasteiger partial charge in [-0.05, 0) is 45.2 Å². The standard InChI is InChI=1S/C20H22N2O4S/c1-5-25-19(23)15-11(3)22-12(4)16(20(24)26-6-2)17(15)13-10-27-14-8-7-9-21-18(13)14/h7-10,17,22H,5-6H2,1-4H3. The number of thiophene rings is 1. The van der Waals surface area contributed by atoms with Gasteiger partial charge in [-0.3, -0.25) is 4.98 Å². The van der Waals surface area contributed by atoms with Gasteiger partial charge >= 0.3 is 11.9 Å². The van der Waals surface area contributed by atoms with Gasteiger partial charge in [0, 0.05) is 23.2 Å². The van der Waals surface area contributed by atoms with Crippen molar-refractivity contribution in [3.8, 4) is 0 Å². The van der Waals surface area contributed by atoms with Crippen molar-refractivity contribution in [3.05, 3.63) is 51.8 Å². The van der Waals surface area contributed by atoms with Crippen LogP contribution in [-0.2, 0) is 19.1 Å². The fourth-order valence-corrected chi connectivity index (χ4v) is 4.29. The topological polar surface area (TPSA) is 77.5 Å². The SMILES string of the molecule is CCOC(=O)C1=C(C)NC(C)=C(C(=O)OCC)C1c1csc2cccnc12. The van der Waals surface area contributed by atoms with Gasteiger partial charge in [-0.25, -0.2) is 9.59 Å². The number of allylic oxidation sites excluding steroid dienone is 2. The van der Waals surface area contributed by atoms with E-state index in [-0.39, 0.29) is 13.2 Å². The molecule has 1 aliphatic rings. The maximum atomic E-state index is 12.8. The summed E-state index contributed by atoms with van der Waals surface area (Å²) in [6, 6.07) is 3.84. The highest BCUT2D eigenvalue weighted by atomic mass is 32.1. The van der Waals surface area contributed by atoms with Crippen molar-refractivity contribution in [1.29, 1.82) is 0 Å². The number of rotatable bonds is 5. The molecule has 2 aromatic rings. The third-order valence-corrected chi connectivity index (χ3v) is 5.37. The maximum Gasteiger partial charge on any atom is 0.336 e. The second-order valence-electron chi connectivity index (χ2n) is 6.12. The Morgan fingerprint density at radius 2 is 1.70 bits per heavy atom. The van der Waals surface area contributed by atoms with Crippen molar-refractivity contribution in [1.82, 2.24) is 10.3 Å². The van der Waals surface area contributed by atoms with Gasteiger partial charge in [-0.1, -0.05) is 0 Å². The lowest BCUT2D eigenvalue weighted by atomic mass is 9.81. The lowest BCUT2D eigenvalue weighted by Gasteiger charge is -2.29. The number of ether oxygens (including phenoxy) is 2. The Morgan fingerprint density at radius 3 is 2.26 bits per heavy atom. The van der Waals surface area contributed by atoms with Crippen LogP contribution in [0.5, 0.6) is 0 Å². The first-order chi connectivity index (χ1) is 13.0. The Morgan fingerprint density at radius 1 is 1.11 bits per heavy atom. The molecule has 0 amide bonds. The second kappa shape index (κ2) is 7.92. The lowest BCUT2D eigenvalue weighted by Crippen LogP contribution is -2.32. The number of esters is 2. The Bertz CT molecular complexity index is 918. The summed E-state index contributed by atoms with van der Waals surface area (Å²) in [6.45, 7) is 7.64. The largest absolute Gasteiger partial charge is 0.463 e. The fourth-order valence-electron chi connectivity index (χ4n) is 3.35. The Labute approximate surface area is 161 Å². The Kier molecular flexibility index (Phi) is 5.60. The van der Waals surface area contributed by atoms with E-state index in [4.69, 9.17) is 9.47 Å². The fraction of sp³-hybridized carbons (Fsp3) is 0.350. The number of dihydropyridines is 1. The quantitative estimate of drug-likeness (QED) is 0.790. The van der Waals surface area contributed by atoms with E-state index in [1.165, 1.54) is 11.3 Å². The van der Waals surface area contributed by atoms with Gasteiger partial charge < -0.3 is 14.8 Å². The van der Waals surface area contributed by atoms with Crippen LogP contribution in [0.3, 0.4) is 0 Å². The van der Waals surface area contributed by atoms with E-state index in [1.807, 2.05) is 31.4 Å². The van der Waals surface area contributed by atoms with Crippen molar-refractivity contribution in [3.63, 3.8) is 0 Å². The highest BCUT2D eigenvalue weighted by Gasteiger charge is 2.39. The van der Waals surface area contributed by atoms with Crippen LogP contribution < -0.4 is 5.32 Å². The molecule has 0 unspecified atom stereocenters. The summed E-state index contributed by atoms with van der Waals surface area (Å²) in [6.07, 6.45) is 1.71. The monoisotopic (exact) mass is 386 g/mol. The summed E-state index contributed by atoms with van der Waals surface area (Å²) in [5.74, 6) is -1.48. The number of fused-ring (bicyclic) bond motifs is 1. The van der Waals surface area contributed by atoms with Crippen LogP contribution in [0.2, 0.25) is 0 Å². The molecule has 2 aromatic heterocycles. The number of carbonyl (C=O) groups excluding carboxylic acids is 2. The van der Waals surface area contributed by atoms with E-state index in [0.29, 0.717) is 22.5 Å². The van der Waals surface area contributed by atoms with E-state index < -0.39 is 17.9 Å². The van der Waals surface area contributed by atoms with Crippen molar-refractivity contribution >= 4 is 33.5 Å². The molecule has 7 heteroatoms. The minimum absolute atomic E-state index is 0.252. The third-order valence-electron chi connectivity index (χ3n) is 4.42. The first-order valence-corrected chi connectivity index (χ1v) is 9.72. The first kappa shape index (κ1) is 19.1. The summed E-state index contributed by atoms with van der Waals surface area (Å²) < 4.78 is 11.6. The van der Waals surface area contributed by atoms with Crippen LogP contribution in [0.15, 0.2) is 46.2 Å². The lowest BCUT2D eigenvalue weighted by molar-refractivity contribution is -0.139. The van der Waals surface area contributed by atoms with E-state index in [2.05, 4.69) is 10.3 Å². The molecule has 0 spiro atoms. The molecule has 0 fully saturated rings. The highest BCUT2D eigenvalue weighted by molar-refractivity contribution is 7.17. The van der Waals surface area contributed by atoms with Crippen molar-refractivity contribution < 1.29 is 19.1 Å². The molecule has 0 saturated carbocycles. The molecular formula is C20H22N2O4S. The van der Waals surface area contributed by atoms with Gasteiger partial charge in [0.2, 0.25) is 0 Å². The number of carbonyl (C=O) groups is 2. The average Bonchev–Trinajstić information content (AvgIpc) is 3.05. The molecule has 142 valence electrons. The van der Waals surface area contributed by atoms with E-state index >= 15 is 0 Å². The Balaban J connectivity index is 2.23. The number of nitrogens with zero attached hydrogens (tertiary/aromatic N) is 1. The van der Waals surface area contributed by atoms with Gasteiger partial charge in [-0.15, -0.1) is 11.3 Å². The first-order valence-electron chi connectivity index (χ1n) is 8.84. The van der Waals surface area contributed by atoms with Crippen LogP contribution in [0.1, 0.15) is 39.2 Å². The zero-order valence-corrected chi connectivity index (χ0v) is 16.6. The molecule has 1 aliphatic heterocycles. The minimum Gasteiger partial charge on any atom is -0.463 e. The van der Waals surface area contributed by atoms with Gasteiger partial charge in [0.25, 0.3) is 0 Å². The van der Waals surface area contributed by atoms with E-state index in [9.17, 15) is 9.59 Å². The van der Waals surface area contributed by atoms with Crippen LogP contribution >= 0.6 is 11.3 Å². The van der Waals surface area contributed by atoms with E-state index in [0.717, 1.165) is 15.8 Å². The molecule has 1 N–H and O–H groups in total. The predicted molar refractivity (Wildman–Crippen MR) is 104 cm³/mol. The predicted octanol–water partition coefficient (Wildman–Crippen LogP) is 3.66. The second-order valence-corrected chi connectivity index (χ2v) is 7.03. The summed E-state index contributed by atoms with van der Waals surface area (Å²) in [5, 5.41) is 5.09. The Hall–Kier alpha value is -2.67. The summed E-state index contributed by atoms with van der Waals surface area (Å²) >= 11 is 1.53. The summed E-state index contributed by atoms with van der Waals surface area (Å²) in [4.78, 5) is 30.0. The van der Waals surface area contributed by atoms with Crippen LogP contribution in [0.25, 0.3) is 10.2 Å². The summed E-state index contributed by atoms with van der Waals surface area (Å²) in [7, 11) is 0. The third kappa shape index (κ3) is 3.47. The summed E-state index contributed by atoms with van der Waals surface area (Å²) in [5.41, 5.74) is 3.74. The van der Waals surface area contributed by atoms with Gasteiger partial charge in [0.15, 0.2) is 0 Å². The van der Waals surface area contributed by atoms with Gasteiger partial charge in [0.1, 0.15) is 0 Å². The zero-order valence-electron chi connectivity index (χ0n) is 15.8. The molecule has 27 heavy (non-hydrogen) atoms. The molecule has 0 saturated heterocycles. The highest BCUT2D eigenvalue weighted by Crippen LogP contribution is 2.43. The van der Waals surface area contributed by atoms with E-state index in [1.54, 1.807) is 20.0 Å². The number of aromatic nitrogens is 1. The van der Waals surface area contributed by atoms with Crippen LogP contribution in [-0.4, -0.2) is 30.1 Å². The number of nitrogens with one attached hydrogen (secondary N) is 1. The molecule has 0 bridgehead atoms. The van der Waals surface area contributed by atoms with Crippen molar-refractivity contribution in [2.45, 2.75) is 33.6 Å². The normalized spacial score (nSPS) is 15.1. The van der Waals surface area contributed by atoms with Crippen LogP contribution in [0.4, 0.5) is 0 Å². The molecule has 0 aliphatic carbocycles. The molecule has 6 nitrogen and oxygen atoms in total. The van der Waals surface area contributed by atoms with Gasteiger partial charge in [0.05, 0.1) is 40.5 Å². The molecule has 0 atom stereocenters. The molecule has 3 heterocycles. The van der Waals surface area contributed by atoms with Crippen molar-refractivity contribution in [2.24, 2.45) is 0 Å². The minimum atomic E-state index is -0.590. The van der Waals surface area contributed by atoms with Gasteiger partial charge in [-0.2, -0.15) is 0 Å². The maximum absolute atomic E-state index is 12.8. The number of hydrogen-bond donors (Lipinski definition) is 1.